The number of benzene rings is 2. The molecular weight excluding hydrogens is 480 g/mol. The first-order valence-corrected chi connectivity index (χ1v) is 11.9. The minimum absolute atomic E-state index is 0.0137. The lowest BCUT2D eigenvalue weighted by atomic mass is 10.2. The van der Waals surface area contributed by atoms with Crippen molar-refractivity contribution in [3.63, 3.8) is 0 Å². The van der Waals surface area contributed by atoms with Crippen molar-refractivity contribution in [1.29, 1.82) is 0 Å². The van der Waals surface area contributed by atoms with Crippen molar-refractivity contribution in [2.45, 2.75) is 18.3 Å². The van der Waals surface area contributed by atoms with Crippen LogP contribution >= 0.6 is 23.1 Å². The van der Waals surface area contributed by atoms with Gasteiger partial charge in [-0.1, -0.05) is 30.0 Å². The van der Waals surface area contributed by atoms with Gasteiger partial charge in [-0.3, -0.25) is 9.36 Å². The van der Waals surface area contributed by atoms with Crippen LogP contribution in [0.5, 0.6) is 5.75 Å². The van der Waals surface area contributed by atoms with E-state index in [2.05, 4.69) is 27.1 Å². The van der Waals surface area contributed by atoms with Gasteiger partial charge in [0.15, 0.2) is 27.7 Å². The predicted molar refractivity (Wildman–Crippen MR) is 128 cm³/mol. The molecule has 0 atom stereocenters. The average molecular weight is 500 g/mol. The first kappa shape index (κ1) is 23.6. The zero-order valence-corrected chi connectivity index (χ0v) is 19.4. The van der Waals surface area contributed by atoms with Crippen LogP contribution in [0.25, 0.3) is 11.3 Å². The normalized spacial score (nSPS) is 10.8. The minimum atomic E-state index is -0.465. The average Bonchev–Trinajstić information content (AvgIpc) is 3.45. The van der Waals surface area contributed by atoms with Crippen LogP contribution in [0.15, 0.2) is 71.7 Å². The van der Waals surface area contributed by atoms with Crippen LogP contribution < -0.4 is 10.1 Å². The van der Waals surface area contributed by atoms with E-state index < -0.39 is 5.82 Å². The number of thioether (sulfide) groups is 1. The minimum Gasteiger partial charge on any atom is -0.483 e. The van der Waals surface area contributed by atoms with Gasteiger partial charge in [-0.15, -0.1) is 28.1 Å². The van der Waals surface area contributed by atoms with Crippen LogP contribution in [0, 0.1) is 11.6 Å². The first-order valence-electron chi connectivity index (χ1n) is 10.1. The molecule has 1 amide bonds. The summed E-state index contributed by atoms with van der Waals surface area (Å²) in [4.78, 5) is 16.8. The van der Waals surface area contributed by atoms with E-state index in [-0.39, 0.29) is 29.8 Å². The Morgan fingerprint density at radius 3 is 2.74 bits per heavy atom. The smallest absolute Gasteiger partial charge is 0.236 e. The fraction of sp³-hybridized carbons (Fsp3) is 0.130. The van der Waals surface area contributed by atoms with Crippen molar-refractivity contribution in [3.8, 4) is 17.0 Å². The van der Waals surface area contributed by atoms with Crippen molar-refractivity contribution in [1.82, 2.24) is 19.7 Å². The number of rotatable bonds is 10. The van der Waals surface area contributed by atoms with Gasteiger partial charge in [0.05, 0.1) is 11.4 Å². The maximum atomic E-state index is 13.8. The Labute approximate surface area is 202 Å². The monoisotopic (exact) mass is 499 g/mol. The Hall–Kier alpha value is -3.57. The molecule has 0 bridgehead atoms. The second kappa shape index (κ2) is 11.0. The van der Waals surface area contributed by atoms with E-state index in [1.165, 1.54) is 47.4 Å². The number of thiazole rings is 1. The predicted octanol–water partition coefficient (Wildman–Crippen LogP) is 5.18. The number of hydrogen-bond donors (Lipinski definition) is 1. The van der Waals surface area contributed by atoms with Crippen LogP contribution in [0.4, 0.5) is 13.9 Å². The number of nitrogens with zero attached hydrogens (tertiary/aromatic N) is 4. The summed E-state index contributed by atoms with van der Waals surface area (Å²) in [7, 11) is 0. The van der Waals surface area contributed by atoms with E-state index >= 15 is 0 Å². The van der Waals surface area contributed by atoms with Gasteiger partial charge in [-0.25, -0.2) is 13.8 Å². The topological polar surface area (TPSA) is 81.9 Å². The Morgan fingerprint density at radius 2 is 1.97 bits per heavy atom. The molecule has 4 rings (SSSR count). The molecule has 0 saturated heterocycles. The Bertz CT molecular complexity index is 1290. The van der Waals surface area contributed by atoms with E-state index in [0.717, 1.165) is 5.56 Å². The number of ether oxygens (including phenoxy) is 1. The van der Waals surface area contributed by atoms with E-state index in [4.69, 9.17) is 4.74 Å². The zero-order chi connectivity index (χ0) is 23.9. The molecule has 0 radical (unpaired) electrons. The molecule has 0 aliphatic carbocycles. The Balaban J connectivity index is 1.35. The molecule has 174 valence electrons. The van der Waals surface area contributed by atoms with Crippen LogP contribution in [0.3, 0.4) is 0 Å². The number of anilines is 1. The quantitative estimate of drug-likeness (QED) is 0.239. The van der Waals surface area contributed by atoms with Gasteiger partial charge in [0, 0.05) is 17.5 Å². The number of para-hydroxylation sites is 1. The van der Waals surface area contributed by atoms with Crippen LogP contribution in [-0.2, 0) is 17.9 Å². The molecule has 0 fully saturated rings. The number of halogens is 2. The second-order valence-corrected chi connectivity index (χ2v) is 8.70. The van der Waals surface area contributed by atoms with Crippen LogP contribution in [-0.4, -0.2) is 31.4 Å². The largest absolute Gasteiger partial charge is 0.483 e. The molecular formula is C23H19F2N5O2S2. The molecule has 7 nitrogen and oxygen atoms in total. The highest BCUT2D eigenvalue weighted by molar-refractivity contribution is 7.99. The lowest BCUT2D eigenvalue weighted by molar-refractivity contribution is -0.113. The van der Waals surface area contributed by atoms with Crippen LogP contribution in [0.1, 0.15) is 5.82 Å². The highest BCUT2D eigenvalue weighted by Gasteiger charge is 2.16. The summed E-state index contributed by atoms with van der Waals surface area (Å²) in [6, 6.07) is 12.1. The van der Waals surface area contributed by atoms with E-state index in [1.54, 1.807) is 40.3 Å². The van der Waals surface area contributed by atoms with E-state index in [1.807, 2.05) is 0 Å². The Morgan fingerprint density at radius 1 is 1.18 bits per heavy atom. The highest BCUT2D eigenvalue weighted by atomic mass is 32.2. The summed E-state index contributed by atoms with van der Waals surface area (Å²) in [6.07, 6.45) is 1.67. The van der Waals surface area contributed by atoms with Crippen LogP contribution in [0.2, 0.25) is 0 Å². The number of aromatic nitrogens is 4. The third-order valence-corrected chi connectivity index (χ3v) is 6.25. The molecule has 2 heterocycles. The molecule has 0 spiro atoms. The molecule has 1 N–H and O–H groups in total. The second-order valence-electron chi connectivity index (χ2n) is 6.90. The molecule has 0 aliphatic heterocycles. The van der Waals surface area contributed by atoms with Gasteiger partial charge in [-0.2, -0.15) is 0 Å². The summed E-state index contributed by atoms with van der Waals surface area (Å²) in [5.74, 6) is -0.372. The summed E-state index contributed by atoms with van der Waals surface area (Å²) >= 11 is 2.48. The van der Waals surface area contributed by atoms with Crippen molar-refractivity contribution >= 4 is 34.1 Å². The molecule has 0 unspecified atom stereocenters. The SMILES string of the molecule is C=CCn1c(COc2ccccc2F)nnc1SCC(=O)Nc1nc(-c2ccc(F)cc2)cs1. The van der Waals surface area contributed by atoms with E-state index in [9.17, 15) is 13.6 Å². The summed E-state index contributed by atoms with van der Waals surface area (Å²) in [5.41, 5.74) is 1.41. The molecule has 11 heteroatoms. The molecule has 4 aromatic rings. The van der Waals surface area contributed by atoms with Gasteiger partial charge in [0.1, 0.15) is 12.4 Å². The Kier molecular flexibility index (Phi) is 7.65. The molecule has 2 aromatic carbocycles. The van der Waals surface area contributed by atoms with Gasteiger partial charge >= 0.3 is 0 Å². The number of hydrogen-bond acceptors (Lipinski definition) is 7. The third-order valence-electron chi connectivity index (χ3n) is 4.52. The summed E-state index contributed by atoms with van der Waals surface area (Å²) in [6.45, 7) is 4.16. The van der Waals surface area contributed by atoms with Gasteiger partial charge in [-0.05, 0) is 36.4 Å². The fourth-order valence-electron chi connectivity index (χ4n) is 2.92. The summed E-state index contributed by atoms with van der Waals surface area (Å²) < 4.78 is 34.2. The molecule has 34 heavy (non-hydrogen) atoms. The number of carbonyl (C=O) groups is 1. The first-order chi connectivity index (χ1) is 16.5. The third kappa shape index (κ3) is 5.86. The fourth-order valence-corrected chi connectivity index (χ4v) is 4.42. The lowest BCUT2D eigenvalue weighted by Crippen LogP contribution is -2.15. The van der Waals surface area contributed by atoms with Gasteiger partial charge in [0.2, 0.25) is 5.91 Å². The number of allylic oxidation sites excluding steroid dienone is 1. The maximum Gasteiger partial charge on any atom is 0.236 e. The molecule has 0 saturated carbocycles. The maximum absolute atomic E-state index is 13.8. The standard InChI is InChI=1S/C23H19F2N5O2S2/c1-2-11-30-20(12-32-19-6-4-3-5-17(19)25)28-29-23(30)34-14-21(31)27-22-26-18(13-33-22)15-7-9-16(24)10-8-15/h2-10,13H,1,11-12,14H2,(H,26,27,31). The van der Waals surface area contributed by atoms with Gasteiger partial charge in [0.25, 0.3) is 0 Å². The summed E-state index contributed by atoms with van der Waals surface area (Å²) in [5, 5.41) is 13.7. The van der Waals surface area contributed by atoms with E-state index in [0.29, 0.717) is 28.4 Å². The highest BCUT2D eigenvalue weighted by Crippen LogP contribution is 2.26. The van der Waals surface area contributed by atoms with Gasteiger partial charge < -0.3 is 10.1 Å². The lowest BCUT2D eigenvalue weighted by Gasteiger charge is -2.09. The van der Waals surface area contributed by atoms with Crippen molar-refractivity contribution in [3.05, 3.63) is 84.0 Å². The number of amides is 1. The molecule has 2 aromatic heterocycles. The van der Waals surface area contributed by atoms with Crippen molar-refractivity contribution < 1.29 is 18.3 Å². The molecule has 0 aliphatic rings. The van der Waals surface area contributed by atoms with Crippen molar-refractivity contribution in [2.24, 2.45) is 0 Å². The number of carbonyl (C=O) groups excluding carboxylic acids is 1. The number of nitrogens with one attached hydrogen (secondary N) is 1. The van der Waals surface area contributed by atoms with Crippen molar-refractivity contribution in [2.75, 3.05) is 11.1 Å². The zero-order valence-electron chi connectivity index (χ0n) is 17.8.